The second-order valence-corrected chi connectivity index (χ2v) is 3.31. The lowest BCUT2D eigenvalue weighted by Gasteiger charge is -2.00. The van der Waals surface area contributed by atoms with Gasteiger partial charge in [0.1, 0.15) is 5.69 Å². The summed E-state index contributed by atoms with van der Waals surface area (Å²) < 4.78 is 1.27. The predicted octanol–water partition coefficient (Wildman–Crippen LogP) is 1.59. The van der Waals surface area contributed by atoms with Crippen molar-refractivity contribution in [3.63, 3.8) is 0 Å². The minimum atomic E-state index is -0.843. The molecule has 8 heteroatoms. The Labute approximate surface area is 84.8 Å². The van der Waals surface area contributed by atoms with E-state index < -0.39 is 21.4 Å². The van der Waals surface area contributed by atoms with Gasteiger partial charge in [-0.25, -0.2) is 0 Å². The van der Waals surface area contributed by atoms with Gasteiger partial charge in [-0.1, -0.05) is 0 Å². The molecule has 0 unspecified atom stereocenters. The molecular weight excluding hydrogens is 204 g/mol. The molecule has 0 atom stereocenters. The van der Waals surface area contributed by atoms with Crippen molar-refractivity contribution in [2.75, 3.05) is 0 Å². The summed E-state index contributed by atoms with van der Waals surface area (Å²) in [5.41, 5.74) is -0.338. The average Bonchev–Trinajstić information content (AvgIpc) is 2.42. The Bertz CT molecular complexity index is 423. The highest BCUT2D eigenvalue weighted by Crippen LogP contribution is 2.30. The summed E-state index contributed by atoms with van der Waals surface area (Å²) in [6, 6.07) is -0.155. The van der Waals surface area contributed by atoms with Gasteiger partial charge in [-0.05, 0) is 25.7 Å². The summed E-state index contributed by atoms with van der Waals surface area (Å²) >= 11 is 0. The Hall–Kier alpha value is -1.99. The van der Waals surface area contributed by atoms with E-state index in [2.05, 4.69) is 5.10 Å². The highest BCUT2D eigenvalue weighted by molar-refractivity contribution is 5.50. The standard InChI is InChI=1S/C7H10N4O4/c1-4(2)9-5(3)6(10(12)13)7(8-9)11(14)15/h4H,1-3H3. The molecule has 0 aliphatic rings. The van der Waals surface area contributed by atoms with Gasteiger partial charge in [0.05, 0.1) is 16.1 Å². The van der Waals surface area contributed by atoms with E-state index >= 15 is 0 Å². The predicted molar refractivity (Wildman–Crippen MR) is 50.7 cm³/mol. The Morgan fingerprint density at radius 3 is 2.07 bits per heavy atom. The number of hydrogen-bond donors (Lipinski definition) is 0. The van der Waals surface area contributed by atoms with Crippen molar-refractivity contribution >= 4 is 11.5 Å². The number of aromatic nitrogens is 2. The SMILES string of the molecule is Cc1c([N+](=O)[O-])c([N+](=O)[O-])nn1C(C)C. The highest BCUT2D eigenvalue weighted by atomic mass is 16.6. The maximum Gasteiger partial charge on any atom is 0.468 e. The quantitative estimate of drug-likeness (QED) is 0.561. The number of nitro groups is 2. The second-order valence-electron chi connectivity index (χ2n) is 3.31. The molecule has 15 heavy (non-hydrogen) atoms. The summed E-state index contributed by atoms with van der Waals surface area (Å²) in [6.45, 7) is 4.93. The summed E-state index contributed by atoms with van der Waals surface area (Å²) in [4.78, 5) is 19.5. The fourth-order valence-corrected chi connectivity index (χ4v) is 1.33. The van der Waals surface area contributed by atoms with Gasteiger partial charge in [-0.3, -0.25) is 10.1 Å². The summed E-state index contributed by atoms with van der Waals surface area (Å²) in [5, 5.41) is 24.8. The lowest BCUT2D eigenvalue weighted by atomic mass is 10.3. The van der Waals surface area contributed by atoms with Gasteiger partial charge in [0.2, 0.25) is 0 Å². The van der Waals surface area contributed by atoms with Crippen molar-refractivity contribution in [3.05, 3.63) is 25.9 Å². The van der Waals surface area contributed by atoms with Crippen molar-refractivity contribution < 1.29 is 9.85 Å². The smallest absolute Gasteiger partial charge is 0.358 e. The van der Waals surface area contributed by atoms with E-state index in [0.717, 1.165) is 0 Å². The zero-order chi connectivity index (χ0) is 11.7. The maximum atomic E-state index is 10.6. The third-order valence-corrected chi connectivity index (χ3v) is 1.95. The molecule has 0 aliphatic carbocycles. The Morgan fingerprint density at radius 1 is 1.27 bits per heavy atom. The van der Waals surface area contributed by atoms with Crippen molar-refractivity contribution in [1.29, 1.82) is 0 Å². The van der Waals surface area contributed by atoms with E-state index in [0.29, 0.717) is 0 Å². The third-order valence-electron chi connectivity index (χ3n) is 1.95. The maximum absolute atomic E-state index is 10.6. The van der Waals surface area contributed by atoms with Gasteiger partial charge in [-0.15, -0.1) is 0 Å². The molecule has 0 amide bonds. The summed E-state index contributed by atoms with van der Waals surface area (Å²) in [6.07, 6.45) is 0. The molecule has 0 aliphatic heterocycles. The number of hydrogen-bond acceptors (Lipinski definition) is 5. The fraction of sp³-hybridized carbons (Fsp3) is 0.571. The molecule has 0 aromatic carbocycles. The van der Waals surface area contributed by atoms with Crippen LogP contribution in [-0.4, -0.2) is 19.6 Å². The fourth-order valence-electron chi connectivity index (χ4n) is 1.33. The Balaban J connectivity index is 3.46. The van der Waals surface area contributed by atoms with Crippen LogP contribution in [0, 0.1) is 27.2 Å². The van der Waals surface area contributed by atoms with Crippen molar-refractivity contribution in [2.24, 2.45) is 0 Å². The number of nitrogens with zero attached hydrogens (tertiary/aromatic N) is 4. The average molecular weight is 214 g/mol. The van der Waals surface area contributed by atoms with Crippen LogP contribution in [0.5, 0.6) is 0 Å². The highest BCUT2D eigenvalue weighted by Gasteiger charge is 2.35. The monoisotopic (exact) mass is 214 g/mol. The van der Waals surface area contributed by atoms with Crippen LogP contribution in [0.2, 0.25) is 0 Å². The van der Waals surface area contributed by atoms with E-state index in [1.165, 1.54) is 11.6 Å². The summed E-state index contributed by atoms with van der Waals surface area (Å²) in [5.74, 6) is -0.703. The van der Waals surface area contributed by atoms with Gasteiger partial charge >= 0.3 is 11.5 Å². The van der Waals surface area contributed by atoms with E-state index in [-0.39, 0.29) is 11.7 Å². The minimum absolute atomic E-state index is 0.155. The zero-order valence-electron chi connectivity index (χ0n) is 8.50. The minimum Gasteiger partial charge on any atom is -0.358 e. The molecular formula is C7H10N4O4. The van der Waals surface area contributed by atoms with Crippen molar-refractivity contribution in [1.82, 2.24) is 9.78 Å². The zero-order valence-corrected chi connectivity index (χ0v) is 8.50. The van der Waals surface area contributed by atoms with Crippen LogP contribution in [0.1, 0.15) is 25.6 Å². The van der Waals surface area contributed by atoms with Gasteiger partial charge in [0.15, 0.2) is 0 Å². The molecule has 0 saturated carbocycles. The van der Waals surface area contributed by atoms with Crippen LogP contribution in [0.25, 0.3) is 0 Å². The molecule has 1 aromatic heterocycles. The molecule has 1 heterocycles. The molecule has 0 spiro atoms. The summed E-state index contributed by atoms with van der Waals surface area (Å²) in [7, 11) is 0. The molecule has 1 aromatic rings. The molecule has 1 rings (SSSR count). The Morgan fingerprint density at radius 2 is 1.80 bits per heavy atom. The van der Waals surface area contributed by atoms with Crippen LogP contribution in [0.4, 0.5) is 11.5 Å². The molecule has 8 nitrogen and oxygen atoms in total. The largest absolute Gasteiger partial charge is 0.468 e. The van der Waals surface area contributed by atoms with Crippen molar-refractivity contribution in [3.8, 4) is 0 Å². The van der Waals surface area contributed by atoms with Crippen LogP contribution in [0.3, 0.4) is 0 Å². The Kier molecular flexibility index (Phi) is 2.69. The molecule has 82 valence electrons. The first-order valence-electron chi connectivity index (χ1n) is 4.24. The third kappa shape index (κ3) is 1.78. The van der Waals surface area contributed by atoms with Gasteiger partial charge < -0.3 is 10.1 Å². The first-order valence-corrected chi connectivity index (χ1v) is 4.24. The first kappa shape index (κ1) is 11.1. The van der Waals surface area contributed by atoms with E-state index in [1.54, 1.807) is 13.8 Å². The van der Waals surface area contributed by atoms with Crippen LogP contribution in [0.15, 0.2) is 0 Å². The van der Waals surface area contributed by atoms with Gasteiger partial charge in [-0.2, -0.15) is 4.68 Å². The van der Waals surface area contributed by atoms with Crippen molar-refractivity contribution in [2.45, 2.75) is 26.8 Å². The van der Waals surface area contributed by atoms with Gasteiger partial charge in [0.25, 0.3) is 0 Å². The molecule has 0 radical (unpaired) electrons. The second kappa shape index (κ2) is 3.64. The molecule has 0 N–H and O–H groups in total. The van der Waals surface area contributed by atoms with E-state index in [1.807, 2.05) is 0 Å². The topological polar surface area (TPSA) is 104 Å². The number of rotatable bonds is 3. The molecule has 0 fully saturated rings. The van der Waals surface area contributed by atoms with Gasteiger partial charge in [0, 0.05) is 0 Å². The molecule has 0 saturated heterocycles. The van der Waals surface area contributed by atoms with Crippen LogP contribution >= 0.6 is 0 Å². The lowest BCUT2D eigenvalue weighted by Crippen LogP contribution is -2.05. The van der Waals surface area contributed by atoms with Crippen LogP contribution in [-0.2, 0) is 0 Å². The van der Waals surface area contributed by atoms with E-state index in [4.69, 9.17) is 0 Å². The normalized spacial score (nSPS) is 10.7. The lowest BCUT2D eigenvalue weighted by molar-refractivity contribution is -0.424. The van der Waals surface area contributed by atoms with E-state index in [9.17, 15) is 20.2 Å². The molecule has 0 bridgehead atoms. The first-order chi connectivity index (χ1) is 6.86. The van der Waals surface area contributed by atoms with Crippen LogP contribution < -0.4 is 0 Å².